The molecule has 0 spiro atoms. The van der Waals surface area contributed by atoms with Gasteiger partial charge in [-0.1, -0.05) is 54.9 Å². The van der Waals surface area contributed by atoms with Gasteiger partial charge in [-0.05, 0) is 22.7 Å². The minimum atomic E-state index is 0.531. The molecule has 0 aromatic heterocycles. The summed E-state index contributed by atoms with van der Waals surface area (Å²) in [6.45, 7) is 16.6. The fraction of sp³-hybridized carbons (Fsp3) is 1.00. The van der Waals surface area contributed by atoms with Gasteiger partial charge in [0.05, 0.1) is 0 Å². The zero-order chi connectivity index (χ0) is 10.6. The lowest BCUT2D eigenvalue weighted by atomic mass is 9.99. The van der Waals surface area contributed by atoms with Crippen molar-refractivity contribution in [2.24, 2.45) is 11.8 Å². The summed E-state index contributed by atoms with van der Waals surface area (Å²) >= 11 is 0. The van der Waals surface area contributed by atoms with E-state index in [0.717, 1.165) is 26.1 Å². The Morgan fingerprint density at radius 2 is 1.54 bits per heavy atom. The Morgan fingerprint density at radius 3 is 1.85 bits per heavy atom. The molecule has 1 heteroatoms. The molecule has 0 N–H and O–H groups in total. The van der Waals surface area contributed by atoms with E-state index < -0.39 is 0 Å². The molecule has 0 bridgehead atoms. The molecule has 3 atom stereocenters. The minimum Gasteiger partial charge on any atom is -0.113 e. The van der Waals surface area contributed by atoms with Crippen molar-refractivity contribution in [2.45, 2.75) is 65.7 Å². The Bertz CT molecular complexity index is 138. The molecule has 0 aromatic carbocycles. The van der Waals surface area contributed by atoms with Crippen molar-refractivity contribution in [3.8, 4) is 0 Å². The van der Waals surface area contributed by atoms with Gasteiger partial charge in [-0.25, -0.2) is 0 Å². The van der Waals surface area contributed by atoms with Crippen LogP contribution in [-0.2, 0) is 0 Å². The van der Waals surface area contributed by atoms with Crippen LogP contribution in [0.1, 0.15) is 54.9 Å². The van der Waals surface area contributed by atoms with E-state index in [2.05, 4.69) is 48.5 Å². The molecule has 0 radical (unpaired) electrons. The van der Waals surface area contributed by atoms with E-state index in [0.29, 0.717) is 5.16 Å². The minimum absolute atomic E-state index is 0.531. The van der Waals surface area contributed by atoms with Gasteiger partial charge in [-0.3, -0.25) is 0 Å². The van der Waals surface area contributed by atoms with Crippen molar-refractivity contribution in [3.05, 3.63) is 0 Å². The third kappa shape index (κ3) is 4.45. The molecule has 0 aromatic rings. The summed E-state index contributed by atoms with van der Waals surface area (Å²) in [5, 5.41) is 0.531. The monoisotopic (exact) mass is 202 g/mol. The van der Waals surface area contributed by atoms with Gasteiger partial charge in [0.2, 0.25) is 0 Å². The van der Waals surface area contributed by atoms with Crippen molar-refractivity contribution in [1.29, 1.82) is 0 Å². The van der Waals surface area contributed by atoms with Crippen molar-refractivity contribution < 1.29 is 0 Å². The highest BCUT2D eigenvalue weighted by Crippen LogP contribution is 2.43. The lowest BCUT2D eigenvalue weighted by Gasteiger charge is -2.34. The molecule has 0 aliphatic heterocycles. The molecular formula is C12H27P. The van der Waals surface area contributed by atoms with Gasteiger partial charge in [0.15, 0.2) is 0 Å². The van der Waals surface area contributed by atoms with E-state index in [1.165, 1.54) is 6.42 Å². The third-order valence-electron chi connectivity index (χ3n) is 3.54. The second-order valence-corrected chi connectivity index (χ2v) is 7.68. The van der Waals surface area contributed by atoms with Crippen LogP contribution < -0.4 is 0 Å². The fourth-order valence-corrected chi connectivity index (χ4v) is 3.28. The van der Waals surface area contributed by atoms with Crippen LogP contribution in [0.15, 0.2) is 0 Å². The molecule has 0 heterocycles. The molecule has 0 nitrogen and oxygen atoms in total. The van der Waals surface area contributed by atoms with Crippen molar-refractivity contribution >= 4 is 8.58 Å². The average molecular weight is 202 g/mol. The van der Waals surface area contributed by atoms with Gasteiger partial charge in [0, 0.05) is 0 Å². The van der Waals surface area contributed by atoms with Crippen LogP contribution in [-0.4, -0.2) is 10.8 Å². The first-order valence-corrected chi connectivity index (χ1v) is 6.66. The smallest absolute Gasteiger partial charge is 0.0153 e. The van der Waals surface area contributed by atoms with Crippen molar-refractivity contribution in [3.63, 3.8) is 0 Å². The van der Waals surface area contributed by atoms with Crippen LogP contribution >= 0.6 is 8.58 Å². The molecule has 0 aliphatic carbocycles. The predicted molar refractivity (Wildman–Crippen MR) is 66.1 cm³/mol. The van der Waals surface area contributed by atoms with E-state index >= 15 is 0 Å². The van der Waals surface area contributed by atoms with Crippen LogP contribution in [0.4, 0.5) is 0 Å². The van der Waals surface area contributed by atoms with Crippen LogP contribution in [0, 0.1) is 11.8 Å². The summed E-state index contributed by atoms with van der Waals surface area (Å²) in [6.07, 6.45) is 1.32. The van der Waals surface area contributed by atoms with E-state index in [1.807, 2.05) is 0 Å². The lowest BCUT2D eigenvalue weighted by molar-refractivity contribution is 0.482. The first-order chi connectivity index (χ1) is 5.81. The second kappa shape index (κ2) is 5.35. The summed E-state index contributed by atoms with van der Waals surface area (Å²) in [5.41, 5.74) is 0.891. The number of hydrogen-bond acceptors (Lipinski definition) is 0. The molecule has 0 aliphatic rings. The van der Waals surface area contributed by atoms with Gasteiger partial charge in [0.1, 0.15) is 0 Å². The highest BCUT2D eigenvalue weighted by Gasteiger charge is 2.26. The Balaban J connectivity index is 4.11. The van der Waals surface area contributed by atoms with E-state index in [-0.39, 0.29) is 0 Å². The molecule has 0 rings (SSSR count). The van der Waals surface area contributed by atoms with E-state index in [9.17, 15) is 0 Å². The molecular weight excluding hydrogens is 175 g/mol. The second-order valence-electron chi connectivity index (χ2n) is 5.19. The summed E-state index contributed by atoms with van der Waals surface area (Å²) in [7, 11) is 1.10. The summed E-state index contributed by atoms with van der Waals surface area (Å²) in [4.78, 5) is 0. The normalized spacial score (nSPS) is 18.5. The SMILES string of the molecule is CCC(C)C(C)PC(C)(C)C(C)C. The Morgan fingerprint density at radius 1 is 1.08 bits per heavy atom. The molecule has 0 saturated carbocycles. The zero-order valence-electron chi connectivity index (χ0n) is 10.4. The van der Waals surface area contributed by atoms with Crippen LogP contribution in [0.25, 0.3) is 0 Å². The molecule has 0 fully saturated rings. The predicted octanol–water partition coefficient (Wildman–Crippen LogP) is 4.53. The standard InChI is InChI=1S/C12H27P/c1-8-10(4)11(5)13-12(6,7)9(2)3/h9-11,13H,8H2,1-7H3. The molecule has 0 amide bonds. The van der Waals surface area contributed by atoms with Crippen LogP contribution in [0.2, 0.25) is 0 Å². The number of rotatable bonds is 5. The highest BCUT2D eigenvalue weighted by molar-refractivity contribution is 7.40. The summed E-state index contributed by atoms with van der Waals surface area (Å²) < 4.78 is 0. The average Bonchev–Trinajstić information content (AvgIpc) is 2.01. The maximum atomic E-state index is 2.41. The molecule has 0 saturated heterocycles. The Hall–Kier alpha value is 0.430. The van der Waals surface area contributed by atoms with E-state index in [1.54, 1.807) is 0 Å². The molecule has 13 heavy (non-hydrogen) atoms. The van der Waals surface area contributed by atoms with Gasteiger partial charge in [-0.2, -0.15) is 0 Å². The third-order valence-corrected chi connectivity index (χ3v) is 5.89. The zero-order valence-corrected chi connectivity index (χ0v) is 11.4. The quantitative estimate of drug-likeness (QED) is 0.574. The first kappa shape index (κ1) is 13.4. The maximum absolute atomic E-state index is 2.41. The number of hydrogen-bond donors (Lipinski definition) is 0. The van der Waals surface area contributed by atoms with Gasteiger partial charge >= 0.3 is 0 Å². The Labute approximate surface area is 86.7 Å². The Kier molecular flexibility index (Phi) is 5.52. The van der Waals surface area contributed by atoms with Crippen LogP contribution in [0.5, 0.6) is 0 Å². The van der Waals surface area contributed by atoms with Gasteiger partial charge in [0.25, 0.3) is 0 Å². The lowest BCUT2D eigenvalue weighted by Crippen LogP contribution is -2.25. The summed E-state index contributed by atoms with van der Waals surface area (Å²) in [5.74, 6) is 1.69. The topological polar surface area (TPSA) is 0 Å². The fourth-order valence-electron chi connectivity index (χ4n) is 1.25. The van der Waals surface area contributed by atoms with Crippen molar-refractivity contribution in [2.75, 3.05) is 0 Å². The van der Waals surface area contributed by atoms with Gasteiger partial charge < -0.3 is 0 Å². The van der Waals surface area contributed by atoms with Crippen LogP contribution in [0.3, 0.4) is 0 Å². The molecule has 3 unspecified atom stereocenters. The summed E-state index contributed by atoms with van der Waals surface area (Å²) in [6, 6.07) is 0. The maximum Gasteiger partial charge on any atom is -0.0153 e. The molecule has 80 valence electrons. The van der Waals surface area contributed by atoms with E-state index in [4.69, 9.17) is 0 Å². The first-order valence-electron chi connectivity index (χ1n) is 5.59. The highest BCUT2D eigenvalue weighted by atomic mass is 31.1. The van der Waals surface area contributed by atoms with Gasteiger partial charge in [-0.15, -0.1) is 8.58 Å². The largest absolute Gasteiger partial charge is 0.113 e. The van der Waals surface area contributed by atoms with Crippen molar-refractivity contribution in [1.82, 2.24) is 0 Å².